The van der Waals surface area contributed by atoms with Gasteiger partial charge in [-0.2, -0.15) is 5.10 Å². The number of aliphatic hydroxyl groups is 1. The Hall–Kier alpha value is -1.07. The second-order valence-electron chi connectivity index (χ2n) is 5.73. The summed E-state index contributed by atoms with van der Waals surface area (Å²) < 4.78 is 13.3. The highest BCUT2D eigenvalue weighted by atomic mass is 16.5. The summed E-state index contributed by atoms with van der Waals surface area (Å²) in [5.41, 5.74) is 0.237. The first-order valence-corrected chi connectivity index (χ1v) is 8.10. The Kier molecular flexibility index (Phi) is 5.65. The smallest absolute Gasteiger partial charge is 0.162 e. The quantitative estimate of drug-likeness (QED) is 0.820. The molecule has 1 aliphatic rings. The molecule has 1 aromatic rings. The van der Waals surface area contributed by atoms with E-state index < -0.39 is 11.7 Å². The van der Waals surface area contributed by atoms with Crippen LogP contribution in [0.3, 0.4) is 0 Å². The van der Waals surface area contributed by atoms with Crippen LogP contribution < -0.4 is 4.74 Å². The number of methoxy groups -OCH3 is 1. The van der Waals surface area contributed by atoms with Gasteiger partial charge in [-0.25, -0.2) is 0 Å². The van der Waals surface area contributed by atoms with Crippen LogP contribution in [0, 0.1) is 0 Å². The fraction of sp³-hybridized carbons (Fsp3) is 0.812. The van der Waals surface area contributed by atoms with Crippen LogP contribution in [-0.2, 0) is 11.3 Å². The third-order valence-electron chi connectivity index (χ3n) is 4.50. The SMILES string of the molecule is CCOC1(C(O)c2c(OC)cnn2CC)CCCCCC1. The molecular formula is C16H28N2O3. The van der Waals surface area contributed by atoms with E-state index >= 15 is 0 Å². The molecule has 1 saturated carbocycles. The van der Waals surface area contributed by atoms with Gasteiger partial charge in [0.2, 0.25) is 0 Å². The van der Waals surface area contributed by atoms with E-state index in [4.69, 9.17) is 9.47 Å². The molecule has 21 heavy (non-hydrogen) atoms. The van der Waals surface area contributed by atoms with Crippen molar-refractivity contribution in [3.05, 3.63) is 11.9 Å². The second kappa shape index (κ2) is 7.27. The normalized spacial score (nSPS) is 20.0. The lowest BCUT2D eigenvalue weighted by atomic mass is 9.86. The molecule has 0 bridgehead atoms. The number of hydrogen-bond acceptors (Lipinski definition) is 4. The van der Waals surface area contributed by atoms with E-state index in [-0.39, 0.29) is 0 Å². The Balaban J connectivity index is 2.37. The largest absolute Gasteiger partial charge is 0.493 e. The summed E-state index contributed by atoms with van der Waals surface area (Å²) in [6.07, 6.45) is 7.38. The Morgan fingerprint density at radius 2 is 1.95 bits per heavy atom. The maximum Gasteiger partial charge on any atom is 0.162 e. The van der Waals surface area contributed by atoms with Crippen LogP contribution in [0.25, 0.3) is 0 Å². The third-order valence-corrected chi connectivity index (χ3v) is 4.50. The van der Waals surface area contributed by atoms with Crippen molar-refractivity contribution in [1.82, 2.24) is 9.78 Å². The minimum Gasteiger partial charge on any atom is -0.493 e. The lowest BCUT2D eigenvalue weighted by Gasteiger charge is -2.37. The third kappa shape index (κ3) is 3.24. The molecule has 0 radical (unpaired) electrons. The second-order valence-corrected chi connectivity index (χ2v) is 5.73. The van der Waals surface area contributed by atoms with Crippen molar-refractivity contribution in [3.63, 3.8) is 0 Å². The summed E-state index contributed by atoms with van der Waals surface area (Å²) in [6, 6.07) is 0. The standard InChI is InChI=1S/C16H28N2O3/c1-4-18-14(13(20-3)12-17-18)15(19)16(21-5-2)10-8-6-7-9-11-16/h12,15,19H,4-11H2,1-3H3. The van der Waals surface area contributed by atoms with Crippen LogP contribution in [-0.4, -0.2) is 34.2 Å². The topological polar surface area (TPSA) is 56.5 Å². The zero-order valence-electron chi connectivity index (χ0n) is 13.5. The van der Waals surface area contributed by atoms with E-state index in [0.29, 0.717) is 18.9 Å². The maximum atomic E-state index is 11.1. The van der Waals surface area contributed by atoms with E-state index in [1.807, 2.05) is 18.5 Å². The molecule has 0 aliphatic heterocycles. The van der Waals surface area contributed by atoms with Gasteiger partial charge in [0.1, 0.15) is 11.8 Å². The Morgan fingerprint density at radius 1 is 1.29 bits per heavy atom. The van der Waals surface area contributed by atoms with Gasteiger partial charge in [0.15, 0.2) is 5.75 Å². The molecule has 0 amide bonds. The highest BCUT2D eigenvalue weighted by molar-refractivity contribution is 5.29. The molecule has 1 unspecified atom stereocenters. The molecular weight excluding hydrogens is 268 g/mol. The summed E-state index contributed by atoms with van der Waals surface area (Å²) in [5.74, 6) is 0.646. The fourth-order valence-corrected chi connectivity index (χ4v) is 3.42. The lowest BCUT2D eigenvalue weighted by molar-refractivity contribution is -0.134. The molecule has 1 N–H and O–H groups in total. The Morgan fingerprint density at radius 3 is 2.48 bits per heavy atom. The monoisotopic (exact) mass is 296 g/mol. The van der Waals surface area contributed by atoms with Gasteiger partial charge in [-0.3, -0.25) is 4.68 Å². The molecule has 2 rings (SSSR count). The van der Waals surface area contributed by atoms with Crippen molar-refractivity contribution in [2.75, 3.05) is 13.7 Å². The van der Waals surface area contributed by atoms with Gasteiger partial charge in [-0.05, 0) is 26.7 Å². The molecule has 0 aromatic carbocycles. The molecule has 1 heterocycles. The highest BCUT2D eigenvalue weighted by Gasteiger charge is 2.42. The number of aromatic nitrogens is 2. The van der Waals surface area contributed by atoms with E-state index in [1.54, 1.807) is 13.3 Å². The minimum absolute atomic E-state index is 0.508. The first kappa shape index (κ1) is 16.3. The summed E-state index contributed by atoms with van der Waals surface area (Å²) >= 11 is 0. The molecule has 5 nitrogen and oxygen atoms in total. The summed E-state index contributed by atoms with van der Waals surface area (Å²) in [7, 11) is 1.62. The van der Waals surface area contributed by atoms with Crippen LogP contribution >= 0.6 is 0 Å². The van der Waals surface area contributed by atoms with Gasteiger partial charge in [0.25, 0.3) is 0 Å². The van der Waals surface area contributed by atoms with E-state index in [1.165, 1.54) is 12.8 Å². The van der Waals surface area contributed by atoms with Crippen molar-refractivity contribution in [2.24, 2.45) is 0 Å². The number of ether oxygens (including phenoxy) is 2. The van der Waals surface area contributed by atoms with Crippen LogP contribution in [0.2, 0.25) is 0 Å². The molecule has 1 aliphatic carbocycles. The van der Waals surface area contributed by atoms with E-state index in [9.17, 15) is 5.11 Å². The summed E-state index contributed by atoms with van der Waals surface area (Å²) in [6.45, 7) is 5.33. The number of aliphatic hydroxyl groups excluding tert-OH is 1. The highest BCUT2D eigenvalue weighted by Crippen LogP contribution is 2.43. The molecule has 0 saturated heterocycles. The van der Waals surface area contributed by atoms with Crippen molar-refractivity contribution >= 4 is 0 Å². The van der Waals surface area contributed by atoms with Gasteiger partial charge < -0.3 is 14.6 Å². The van der Waals surface area contributed by atoms with Gasteiger partial charge in [-0.1, -0.05) is 25.7 Å². The Labute approximate surface area is 127 Å². The average molecular weight is 296 g/mol. The van der Waals surface area contributed by atoms with Crippen molar-refractivity contribution in [3.8, 4) is 5.75 Å². The zero-order valence-corrected chi connectivity index (χ0v) is 13.5. The fourth-order valence-electron chi connectivity index (χ4n) is 3.42. The number of hydrogen-bond donors (Lipinski definition) is 1. The van der Waals surface area contributed by atoms with Gasteiger partial charge >= 0.3 is 0 Å². The zero-order chi connectivity index (χ0) is 15.3. The maximum absolute atomic E-state index is 11.1. The minimum atomic E-state index is -0.701. The first-order chi connectivity index (χ1) is 10.2. The predicted molar refractivity (Wildman–Crippen MR) is 81.5 cm³/mol. The lowest BCUT2D eigenvalue weighted by Crippen LogP contribution is -2.40. The van der Waals surface area contributed by atoms with Gasteiger partial charge in [0, 0.05) is 13.2 Å². The average Bonchev–Trinajstić information content (AvgIpc) is 2.77. The summed E-state index contributed by atoms with van der Waals surface area (Å²) in [4.78, 5) is 0. The Bertz CT molecular complexity index is 415. The van der Waals surface area contributed by atoms with E-state index in [2.05, 4.69) is 5.10 Å². The number of nitrogens with zero attached hydrogens (tertiary/aromatic N) is 2. The van der Waals surface area contributed by atoms with Crippen LogP contribution in [0.1, 0.15) is 64.2 Å². The van der Waals surface area contributed by atoms with E-state index in [0.717, 1.165) is 31.4 Å². The molecule has 120 valence electrons. The van der Waals surface area contributed by atoms with Crippen molar-refractivity contribution in [2.45, 2.75) is 70.6 Å². The summed E-state index contributed by atoms with van der Waals surface area (Å²) in [5, 5.41) is 15.4. The molecule has 1 fully saturated rings. The van der Waals surface area contributed by atoms with Crippen molar-refractivity contribution in [1.29, 1.82) is 0 Å². The number of aryl methyl sites for hydroxylation is 1. The van der Waals surface area contributed by atoms with Gasteiger partial charge in [0.05, 0.1) is 18.9 Å². The van der Waals surface area contributed by atoms with Gasteiger partial charge in [-0.15, -0.1) is 0 Å². The van der Waals surface area contributed by atoms with Crippen LogP contribution in [0.15, 0.2) is 6.20 Å². The number of rotatable bonds is 6. The molecule has 1 aromatic heterocycles. The first-order valence-electron chi connectivity index (χ1n) is 8.10. The molecule has 5 heteroatoms. The van der Waals surface area contributed by atoms with Crippen molar-refractivity contribution < 1.29 is 14.6 Å². The molecule has 1 atom stereocenters. The van der Waals surface area contributed by atoms with Crippen LogP contribution in [0.4, 0.5) is 0 Å². The molecule has 0 spiro atoms. The predicted octanol–water partition coefficient (Wildman–Crippen LogP) is 3.07. The van der Waals surface area contributed by atoms with Crippen LogP contribution in [0.5, 0.6) is 5.75 Å².